The highest BCUT2D eigenvalue weighted by molar-refractivity contribution is 5.91. The van der Waals surface area contributed by atoms with Crippen molar-refractivity contribution in [3.05, 3.63) is 48.4 Å². The molecule has 0 spiro atoms. The van der Waals surface area contributed by atoms with Crippen LogP contribution in [0.5, 0.6) is 0 Å². The van der Waals surface area contributed by atoms with Crippen molar-refractivity contribution in [1.29, 1.82) is 0 Å². The average molecular weight is 245 g/mol. The molecular formula is C13H15N3O2. The molecule has 0 bridgehead atoms. The maximum Gasteiger partial charge on any atom is 0.271 e. The van der Waals surface area contributed by atoms with Crippen LogP contribution in [0.15, 0.2) is 41.4 Å². The zero-order valence-electron chi connectivity index (χ0n) is 10.4. The third-order valence-electron chi connectivity index (χ3n) is 2.67. The number of carbonyl (C=O) groups excluding carboxylic acids is 1. The minimum atomic E-state index is -0.263. The maximum atomic E-state index is 11.8. The highest BCUT2D eigenvalue weighted by atomic mass is 16.3. The van der Waals surface area contributed by atoms with E-state index in [4.69, 9.17) is 4.42 Å². The number of hydrogen-bond acceptors (Lipinski definition) is 4. The average Bonchev–Trinajstić information content (AvgIpc) is 2.92. The summed E-state index contributed by atoms with van der Waals surface area (Å²) in [6, 6.07) is 3.73. The minimum absolute atomic E-state index is 0.234. The van der Waals surface area contributed by atoms with Gasteiger partial charge in [-0.2, -0.15) is 0 Å². The molecule has 0 atom stereocenters. The zero-order valence-corrected chi connectivity index (χ0v) is 10.4. The molecule has 2 heterocycles. The Bertz CT molecular complexity index is 506. The first-order valence-electron chi connectivity index (χ1n) is 5.68. The summed E-state index contributed by atoms with van der Waals surface area (Å²) in [5.41, 5.74) is 0.0502. The van der Waals surface area contributed by atoms with Crippen molar-refractivity contribution < 1.29 is 9.21 Å². The molecule has 5 nitrogen and oxygen atoms in total. The smallest absolute Gasteiger partial charge is 0.271 e. The number of nitrogens with one attached hydrogen (secondary N) is 1. The SMILES string of the molecule is CC(C)(CNC(=O)c1cnccn1)c1ccco1. The Labute approximate surface area is 105 Å². The normalized spacial score (nSPS) is 11.2. The van der Waals surface area contributed by atoms with E-state index < -0.39 is 0 Å². The highest BCUT2D eigenvalue weighted by Crippen LogP contribution is 2.22. The molecule has 0 unspecified atom stereocenters. The second kappa shape index (κ2) is 5.00. The summed E-state index contributed by atoms with van der Waals surface area (Å²) in [5.74, 6) is 0.602. The fourth-order valence-electron chi connectivity index (χ4n) is 1.56. The Hall–Kier alpha value is -2.17. The first kappa shape index (κ1) is 12.3. The van der Waals surface area contributed by atoms with E-state index in [9.17, 15) is 4.79 Å². The molecule has 0 aromatic carbocycles. The van der Waals surface area contributed by atoms with Crippen molar-refractivity contribution in [2.75, 3.05) is 6.54 Å². The molecule has 0 aliphatic carbocycles. The van der Waals surface area contributed by atoms with Crippen molar-refractivity contribution in [3.63, 3.8) is 0 Å². The van der Waals surface area contributed by atoms with Gasteiger partial charge in [-0.05, 0) is 12.1 Å². The van der Waals surface area contributed by atoms with Crippen LogP contribution >= 0.6 is 0 Å². The molecule has 0 radical (unpaired) electrons. The molecule has 94 valence electrons. The lowest BCUT2D eigenvalue weighted by Gasteiger charge is -2.22. The first-order valence-corrected chi connectivity index (χ1v) is 5.68. The van der Waals surface area contributed by atoms with Crippen molar-refractivity contribution in [2.45, 2.75) is 19.3 Å². The van der Waals surface area contributed by atoms with Gasteiger partial charge >= 0.3 is 0 Å². The predicted octanol–water partition coefficient (Wildman–Crippen LogP) is 1.78. The Morgan fingerprint density at radius 2 is 2.28 bits per heavy atom. The van der Waals surface area contributed by atoms with Gasteiger partial charge in [0, 0.05) is 24.4 Å². The fourth-order valence-corrected chi connectivity index (χ4v) is 1.56. The summed E-state index contributed by atoms with van der Waals surface area (Å²) in [5, 5.41) is 2.83. The number of hydrogen-bond donors (Lipinski definition) is 1. The van der Waals surface area contributed by atoms with Crippen LogP contribution in [0.25, 0.3) is 0 Å². The Morgan fingerprint density at radius 3 is 2.89 bits per heavy atom. The van der Waals surface area contributed by atoms with Gasteiger partial charge in [0.2, 0.25) is 0 Å². The van der Waals surface area contributed by atoms with E-state index in [-0.39, 0.29) is 11.3 Å². The fraction of sp³-hybridized carbons (Fsp3) is 0.308. The predicted molar refractivity (Wildman–Crippen MR) is 66.1 cm³/mol. The van der Waals surface area contributed by atoms with Crippen molar-refractivity contribution in [3.8, 4) is 0 Å². The number of furan rings is 1. The van der Waals surface area contributed by atoms with Crippen LogP contribution in [0.3, 0.4) is 0 Å². The van der Waals surface area contributed by atoms with Crippen LogP contribution in [0.2, 0.25) is 0 Å². The van der Waals surface area contributed by atoms with E-state index in [0.717, 1.165) is 5.76 Å². The number of carbonyl (C=O) groups is 1. The van der Waals surface area contributed by atoms with Gasteiger partial charge in [0.25, 0.3) is 5.91 Å². The summed E-state index contributed by atoms with van der Waals surface area (Å²) >= 11 is 0. The van der Waals surface area contributed by atoms with E-state index in [1.807, 2.05) is 26.0 Å². The number of amides is 1. The van der Waals surface area contributed by atoms with Crippen molar-refractivity contribution >= 4 is 5.91 Å². The molecule has 2 aromatic heterocycles. The van der Waals surface area contributed by atoms with Gasteiger partial charge in [0.05, 0.1) is 12.5 Å². The lowest BCUT2D eigenvalue weighted by molar-refractivity contribution is 0.0938. The van der Waals surface area contributed by atoms with E-state index in [1.165, 1.54) is 18.6 Å². The molecule has 0 saturated carbocycles. The highest BCUT2D eigenvalue weighted by Gasteiger charge is 2.24. The molecule has 5 heteroatoms. The van der Waals surface area contributed by atoms with Crippen molar-refractivity contribution in [1.82, 2.24) is 15.3 Å². The lowest BCUT2D eigenvalue weighted by atomic mass is 9.90. The van der Waals surface area contributed by atoms with Crippen LogP contribution < -0.4 is 5.32 Å². The van der Waals surface area contributed by atoms with E-state index in [2.05, 4.69) is 15.3 Å². The number of rotatable bonds is 4. The van der Waals surface area contributed by atoms with Crippen LogP contribution in [0, 0.1) is 0 Å². The Morgan fingerprint density at radius 1 is 1.44 bits per heavy atom. The summed E-state index contributed by atoms with van der Waals surface area (Å²) in [6.07, 6.45) is 6.09. The van der Waals surface area contributed by atoms with Crippen LogP contribution in [-0.2, 0) is 5.41 Å². The molecule has 2 aromatic rings. The summed E-state index contributed by atoms with van der Waals surface area (Å²) in [6.45, 7) is 4.47. The van der Waals surface area contributed by atoms with Gasteiger partial charge in [-0.15, -0.1) is 0 Å². The lowest BCUT2D eigenvalue weighted by Crippen LogP contribution is -2.36. The molecule has 0 aliphatic heterocycles. The molecule has 0 saturated heterocycles. The minimum Gasteiger partial charge on any atom is -0.469 e. The van der Waals surface area contributed by atoms with E-state index in [0.29, 0.717) is 12.2 Å². The maximum absolute atomic E-state index is 11.8. The Kier molecular flexibility index (Phi) is 3.41. The second-order valence-corrected chi connectivity index (χ2v) is 4.63. The van der Waals surface area contributed by atoms with Gasteiger partial charge in [-0.1, -0.05) is 13.8 Å². The van der Waals surface area contributed by atoms with E-state index in [1.54, 1.807) is 6.26 Å². The quantitative estimate of drug-likeness (QED) is 0.891. The first-order chi connectivity index (χ1) is 8.59. The third kappa shape index (κ3) is 2.74. The van der Waals surface area contributed by atoms with Gasteiger partial charge in [0.1, 0.15) is 11.5 Å². The van der Waals surface area contributed by atoms with Crippen LogP contribution in [0.4, 0.5) is 0 Å². The molecule has 2 rings (SSSR count). The molecule has 1 amide bonds. The Balaban J connectivity index is 1.98. The van der Waals surface area contributed by atoms with Gasteiger partial charge in [-0.3, -0.25) is 9.78 Å². The van der Waals surface area contributed by atoms with Gasteiger partial charge in [0.15, 0.2) is 0 Å². The molecule has 0 fully saturated rings. The zero-order chi connectivity index (χ0) is 13.0. The molecule has 0 aliphatic rings. The largest absolute Gasteiger partial charge is 0.469 e. The molecular weight excluding hydrogens is 230 g/mol. The standard InChI is InChI=1S/C13H15N3O2/c1-13(2,11-4-3-7-18-11)9-16-12(17)10-8-14-5-6-15-10/h3-8H,9H2,1-2H3,(H,16,17). The van der Waals surface area contributed by atoms with Gasteiger partial charge in [-0.25, -0.2) is 4.98 Å². The molecule has 1 N–H and O–H groups in total. The van der Waals surface area contributed by atoms with E-state index >= 15 is 0 Å². The van der Waals surface area contributed by atoms with Gasteiger partial charge < -0.3 is 9.73 Å². The monoisotopic (exact) mass is 245 g/mol. The van der Waals surface area contributed by atoms with Crippen molar-refractivity contribution in [2.24, 2.45) is 0 Å². The molecule has 18 heavy (non-hydrogen) atoms. The summed E-state index contributed by atoms with van der Waals surface area (Å²) < 4.78 is 5.36. The second-order valence-electron chi connectivity index (χ2n) is 4.63. The number of nitrogens with zero attached hydrogens (tertiary/aromatic N) is 2. The topological polar surface area (TPSA) is 68.0 Å². The third-order valence-corrected chi connectivity index (χ3v) is 2.67. The summed E-state index contributed by atoms with van der Waals surface area (Å²) in [4.78, 5) is 19.6. The van der Waals surface area contributed by atoms with Crippen LogP contribution in [-0.4, -0.2) is 22.4 Å². The summed E-state index contributed by atoms with van der Waals surface area (Å²) in [7, 11) is 0. The van der Waals surface area contributed by atoms with Crippen LogP contribution in [0.1, 0.15) is 30.1 Å². The number of aromatic nitrogens is 2.